The van der Waals surface area contributed by atoms with E-state index in [2.05, 4.69) is 16.8 Å². The third-order valence-electron chi connectivity index (χ3n) is 9.62. The lowest BCUT2D eigenvalue weighted by atomic mass is 9.79. The van der Waals surface area contributed by atoms with Gasteiger partial charge in [-0.05, 0) is 72.4 Å². The molecular formula is C38H42NO8PS. The number of ether oxygens (including phenoxy) is 4. The Balaban J connectivity index is 1.14. The van der Waals surface area contributed by atoms with Gasteiger partial charge in [0.25, 0.3) is 8.53 Å². The number of fused-ring (bicyclic) bond motifs is 1. The summed E-state index contributed by atoms with van der Waals surface area (Å²) in [6.45, 7) is 1.60. The van der Waals surface area contributed by atoms with E-state index in [0.717, 1.165) is 47.6 Å². The lowest BCUT2D eigenvalue weighted by Gasteiger charge is -2.39. The van der Waals surface area contributed by atoms with Gasteiger partial charge in [0.1, 0.15) is 23.2 Å². The summed E-state index contributed by atoms with van der Waals surface area (Å²) in [5, 5.41) is 0. The Labute approximate surface area is 289 Å². The summed E-state index contributed by atoms with van der Waals surface area (Å²) < 4.78 is 66.3. The minimum absolute atomic E-state index is 0.0111. The highest BCUT2D eigenvalue weighted by atomic mass is 32.2. The first-order valence-corrected chi connectivity index (χ1v) is 19.5. The molecule has 258 valence electrons. The van der Waals surface area contributed by atoms with Crippen molar-refractivity contribution in [3.63, 3.8) is 0 Å². The van der Waals surface area contributed by atoms with E-state index >= 15 is 0 Å². The van der Waals surface area contributed by atoms with E-state index in [0.29, 0.717) is 17.9 Å². The number of rotatable bonds is 13. The van der Waals surface area contributed by atoms with Crippen molar-refractivity contribution in [3.8, 4) is 11.5 Å². The molecule has 5 atom stereocenters. The Kier molecular flexibility index (Phi) is 10.4. The molecule has 49 heavy (non-hydrogen) atoms. The average Bonchev–Trinajstić information content (AvgIpc) is 3.89. The summed E-state index contributed by atoms with van der Waals surface area (Å²) in [5.41, 5.74) is 1.88. The number of hydrogen-bond acceptors (Lipinski definition) is 9. The summed E-state index contributed by atoms with van der Waals surface area (Å²) in [7, 11) is -1.65. The molecule has 7 rings (SSSR count). The largest absolute Gasteiger partial charge is 0.497 e. The van der Waals surface area contributed by atoms with Gasteiger partial charge in [0, 0.05) is 19.2 Å². The minimum atomic E-state index is -3.51. The maximum Gasteiger partial charge on any atom is 0.259 e. The van der Waals surface area contributed by atoms with Crippen molar-refractivity contribution >= 4 is 18.4 Å². The van der Waals surface area contributed by atoms with Gasteiger partial charge in [0.15, 0.2) is 9.84 Å². The standard InChI is InChI=1S/C38H42NO8PS/c1-42-31-19-15-29(16-20-31)38(28-10-5-3-6-11-28,30-17-21-32(43-2)22-18-30)46-35-23-25-44-36(35)26-45-48-39-24-9-14-34(39)37(47-48)27-49(40,41)33-12-7-4-8-13-33/h3-8,10-13,15-22,34-37H,9,14,23-27H2,1-2H3/t34-,35+,36+,37+,48-/m0/s1. The summed E-state index contributed by atoms with van der Waals surface area (Å²) in [4.78, 5) is 0.315. The first-order valence-electron chi connectivity index (χ1n) is 16.7. The van der Waals surface area contributed by atoms with Crippen LogP contribution < -0.4 is 9.47 Å². The fourth-order valence-electron chi connectivity index (χ4n) is 7.10. The fourth-order valence-corrected chi connectivity index (χ4v) is 10.6. The van der Waals surface area contributed by atoms with Gasteiger partial charge in [-0.15, -0.1) is 0 Å². The van der Waals surface area contributed by atoms with Gasteiger partial charge in [-0.25, -0.2) is 13.1 Å². The fraction of sp³-hybridized carbons (Fsp3) is 0.368. The molecule has 11 heteroatoms. The highest BCUT2D eigenvalue weighted by molar-refractivity contribution is 7.91. The summed E-state index contributed by atoms with van der Waals surface area (Å²) in [6.07, 6.45) is 1.41. The van der Waals surface area contributed by atoms with Gasteiger partial charge in [0.2, 0.25) is 0 Å². The molecule has 0 N–H and O–H groups in total. The topological polar surface area (TPSA) is 92.8 Å². The highest BCUT2D eigenvalue weighted by Gasteiger charge is 2.49. The van der Waals surface area contributed by atoms with Gasteiger partial charge in [-0.1, -0.05) is 72.8 Å². The molecule has 0 aromatic heterocycles. The van der Waals surface area contributed by atoms with Crippen LogP contribution in [-0.4, -0.2) is 77.2 Å². The van der Waals surface area contributed by atoms with Crippen LogP contribution in [-0.2, 0) is 34.0 Å². The average molecular weight is 704 g/mol. The van der Waals surface area contributed by atoms with Crippen molar-refractivity contribution < 1.29 is 36.4 Å². The maximum absolute atomic E-state index is 13.3. The van der Waals surface area contributed by atoms with E-state index < -0.39 is 30.1 Å². The van der Waals surface area contributed by atoms with Gasteiger partial charge in [-0.3, -0.25) is 0 Å². The molecule has 0 amide bonds. The van der Waals surface area contributed by atoms with Crippen molar-refractivity contribution in [2.75, 3.05) is 39.7 Å². The van der Waals surface area contributed by atoms with Crippen LogP contribution in [0.25, 0.3) is 0 Å². The van der Waals surface area contributed by atoms with Crippen LogP contribution in [0.1, 0.15) is 36.0 Å². The molecule has 0 spiro atoms. The molecule has 4 aromatic carbocycles. The van der Waals surface area contributed by atoms with E-state index in [1.807, 2.05) is 72.8 Å². The van der Waals surface area contributed by atoms with E-state index in [1.54, 1.807) is 38.5 Å². The maximum atomic E-state index is 13.3. The molecule has 0 radical (unpaired) electrons. The number of hydrogen-bond donors (Lipinski definition) is 0. The quantitative estimate of drug-likeness (QED) is 0.111. The molecule has 3 aliphatic heterocycles. The minimum Gasteiger partial charge on any atom is -0.497 e. The first-order chi connectivity index (χ1) is 23.9. The van der Waals surface area contributed by atoms with Crippen LogP contribution in [0.4, 0.5) is 0 Å². The molecule has 0 saturated carbocycles. The molecule has 0 aliphatic carbocycles. The van der Waals surface area contributed by atoms with Crippen LogP contribution in [0.2, 0.25) is 0 Å². The molecule has 3 heterocycles. The van der Waals surface area contributed by atoms with Crippen molar-refractivity contribution in [3.05, 3.63) is 126 Å². The van der Waals surface area contributed by atoms with Crippen molar-refractivity contribution in [2.24, 2.45) is 0 Å². The van der Waals surface area contributed by atoms with Crippen molar-refractivity contribution in [1.29, 1.82) is 0 Å². The van der Waals surface area contributed by atoms with Crippen LogP contribution in [0.5, 0.6) is 11.5 Å². The smallest absolute Gasteiger partial charge is 0.259 e. The third kappa shape index (κ3) is 7.01. The van der Waals surface area contributed by atoms with Crippen LogP contribution in [0.3, 0.4) is 0 Å². The summed E-state index contributed by atoms with van der Waals surface area (Å²) >= 11 is 0. The second kappa shape index (κ2) is 14.9. The molecule has 3 aliphatic rings. The van der Waals surface area contributed by atoms with E-state index in [9.17, 15) is 8.42 Å². The molecule has 0 unspecified atom stereocenters. The zero-order chi connectivity index (χ0) is 33.8. The Bertz CT molecular complexity index is 1730. The summed E-state index contributed by atoms with van der Waals surface area (Å²) in [6, 6.07) is 34.8. The molecule has 4 aromatic rings. The normalized spacial score (nSPS) is 24.2. The summed E-state index contributed by atoms with van der Waals surface area (Å²) in [5.74, 6) is 1.43. The molecule has 3 saturated heterocycles. The van der Waals surface area contributed by atoms with Gasteiger partial charge in [0.05, 0.1) is 43.7 Å². The lowest BCUT2D eigenvalue weighted by molar-refractivity contribution is -0.0877. The number of methoxy groups -OCH3 is 2. The number of sulfone groups is 1. The van der Waals surface area contributed by atoms with Crippen LogP contribution in [0, 0.1) is 0 Å². The monoisotopic (exact) mass is 703 g/mol. The first kappa shape index (κ1) is 34.1. The van der Waals surface area contributed by atoms with Crippen LogP contribution in [0.15, 0.2) is 114 Å². The third-order valence-corrected chi connectivity index (χ3v) is 13.1. The zero-order valence-corrected chi connectivity index (χ0v) is 29.4. The van der Waals surface area contributed by atoms with Gasteiger partial charge < -0.3 is 28.0 Å². The van der Waals surface area contributed by atoms with Crippen LogP contribution >= 0.6 is 8.53 Å². The van der Waals surface area contributed by atoms with E-state index in [-0.39, 0.29) is 30.6 Å². The van der Waals surface area contributed by atoms with E-state index in [1.165, 1.54) is 0 Å². The molecular weight excluding hydrogens is 661 g/mol. The number of nitrogens with zero attached hydrogens (tertiary/aromatic N) is 1. The zero-order valence-electron chi connectivity index (χ0n) is 27.7. The second-order valence-electron chi connectivity index (χ2n) is 12.5. The highest BCUT2D eigenvalue weighted by Crippen LogP contribution is 2.56. The SMILES string of the molecule is COc1ccc(C(O[C@@H]2CCO[C@@H]2CO[P@@]2O[C@H](CS(=O)(=O)c3ccccc3)[C@@H]3CCCN32)(c2ccccc2)c2ccc(OC)cc2)cc1. The molecule has 3 fully saturated rings. The number of benzene rings is 4. The molecule has 9 nitrogen and oxygen atoms in total. The Morgan fingerprint density at radius 2 is 1.37 bits per heavy atom. The lowest BCUT2D eigenvalue weighted by Crippen LogP contribution is -2.41. The Morgan fingerprint density at radius 1 is 0.776 bits per heavy atom. The Hall–Kier alpha value is -3.34. The van der Waals surface area contributed by atoms with Crippen molar-refractivity contribution in [1.82, 2.24) is 4.67 Å². The Morgan fingerprint density at radius 3 is 1.98 bits per heavy atom. The molecule has 0 bridgehead atoms. The van der Waals surface area contributed by atoms with Crippen molar-refractivity contribution in [2.45, 2.75) is 54.1 Å². The van der Waals surface area contributed by atoms with Gasteiger partial charge in [-0.2, -0.15) is 0 Å². The van der Waals surface area contributed by atoms with Gasteiger partial charge >= 0.3 is 0 Å². The second-order valence-corrected chi connectivity index (χ2v) is 16.0. The predicted molar refractivity (Wildman–Crippen MR) is 188 cm³/mol. The van der Waals surface area contributed by atoms with E-state index in [4.69, 9.17) is 28.0 Å². The predicted octanol–water partition coefficient (Wildman–Crippen LogP) is 6.75.